The molecule has 1 aromatic carbocycles. The van der Waals surface area contributed by atoms with Crippen molar-refractivity contribution in [3.8, 4) is 0 Å². The number of aliphatic imine (C=N–C) groups is 1. The van der Waals surface area contributed by atoms with Crippen molar-refractivity contribution in [2.45, 2.75) is 12.5 Å². The van der Waals surface area contributed by atoms with Crippen molar-refractivity contribution >= 4 is 40.1 Å². The highest BCUT2D eigenvalue weighted by Gasteiger charge is 2.21. The van der Waals surface area contributed by atoms with Gasteiger partial charge in [0.05, 0.1) is 11.1 Å². The highest BCUT2D eigenvalue weighted by Crippen LogP contribution is 2.25. The van der Waals surface area contributed by atoms with Crippen LogP contribution in [0.15, 0.2) is 45.5 Å². The molecule has 1 atom stereocenters. The lowest BCUT2D eigenvalue weighted by atomic mass is 10.1. The molecule has 0 spiro atoms. The molecule has 0 amide bonds. The van der Waals surface area contributed by atoms with Crippen LogP contribution in [0.2, 0.25) is 0 Å². The summed E-state index contributed by atoms with van der Waals surface area (Å²) in [5.41, 5.74) is 1.14. The zero-order chi connectivity index (χ0) is 11.5. The Kier molecular flexibility index (Phi) is 3.74. The summed E-state index contributed by atoms with van der Waals surface area (Å²) in [6, 6.07) is 9.74. The third-order valence-electron chi connectivity index (χ3n) is 2.26. The van der Waals surface area contributed by atoms with Crippen molar-refractivity contribution in [2.75, 3.05) is 0 Å². The van der Waals surface area contributed by atoms with E-state index in [0.717, 1.165) is 5.56 Å². The van der Waals surface area contributed by atoms with Crippen LogP contribution >= 0.6 is 34.8 Å². The Bertz CT molecular complexity index is 440. The lowest BCUT2D eigenvalue weighted by Gasteiger charge is -2.19. The third kappa shape index (κ3) is 2.70. The van der Waals surface area contributed by atoms with E-state index in [2.05, 4.69) is 10.3 Å². The van der Waals surface area contributed by atoms with Crippen molar-refractivity contribution in [3.05, 3.63) is 46.1 Å². The molecule has 16 heavy (non-hydrogen) atoms. The first kappa shape index (κ1) is 11.8. The van der Waals surface area contributed by atoms with Gasteiger partial charge in [-0.25, -0.2) is 4.99 Å². The fourth-order valence-electron chi connectivity index (χ4n) is 1.49. The second-order valence-corrected chi connectivity index (χ2v) is 4.56. The number of rotatable bonds is 2. The average molecular weight is 276 g/mol. The first-order chi connectivity index (χ1) is 7.66. The summed E-state index contributed by atoms with van der Waals surface area (Å²) in [5, 5.41) is 3.79. The number of benzene rings is 1. The monoisotopic (exact) mass is 274 g/mol. The molecule has 0 fully saturated rings. The number of hydrogen-bond acceptors (Lipinski definition) is 2. The zero-order valence-corrected chi connectivity index (χ0v) is 10.5. The lowest BCUT2D eigenvalue weighted by molar-refractivity contribution is 0.775. The van der Waals surface area contributed by atoms with E-state index in [4.69, 9.17) is 34.8 Å². The van der Waals surface area contributed by atoms with E-state index in [9.17, 15) is 0 Å². The second kappa shape index (κ2) is 5.09. The molecule has 1 unspecified atom stereocenters. The maximum absolute atomic E-state index is 6.07. The summed E-state index contributed by atoms with van der Waals surface area (Å²) in [7, 11) is 0. The molecular weight excluding hydrogens is 266 g/mol. The molecule has 1 aliphatic heterocycles. The normalized spacial score (nSPS) is 20.4. The van der Waals surface area contributed by atoms with Gasteiger partial charge in [0.2, 0.25) is 0 Å². The van der Waals surface area contributed by atoms with Crippen molar-refractivity contribution in [3.63, 3.8) is 0 Å². The van der Waals surface area contributed by atoms with E-state index < -0.39 is 0 Å². The van der Waals surface area contributed by atoms with Gasteiger partial charge in [0.25, 0.3) is 0 Å². The van der Waals surface area contributed by atoms with Gasteiger partial charge in [-0.2, -0.15) is 0 Å². The van der Waals surface area contributed by atoms with E-state index in [1.165, 1.54) is 0 Å². The molecule has 0 aromatic heterocycles. The van der Waals surface area contributed by atoms with Gasteiger partial charge >= 0.3 is 0 Å². The van der Waals surface area contributed by atoms with Crippen LogP contribution in [0.3, 0.4) is 0 Å². The summed E-state index contributed by atoms with van der Waals surface area (Å²) in [4.78, 5) is 4.21. The third-order valence-corrected chi connectivity index (χ3v) is 3.28. The predicted octanol–water partition coefficient (Wildman–Crippen LogP) is 3.44. The zero-order valence-electron chi connectivity index (χ0n) is 8.25. The van der Waals surface area contributed by atoms with Gasteiger partial charge < -0.3 is 5.32 Å². The number of nitrogens with one attached hydrogen (secondary N) is 1. The van der Waals surface area contributed by atoms with Gasteiger partial charge in [-0.05, 0) is 17.2 Å². The minimum absolute atomic E-state index is 0.203. The number of nitrogens with zero attached hydrogens (tertiary/aromatic N) is 1. The molecule has 1 N–H and O–H groups in total. The highest BCUT2D eigenvalue weighted by atomic mass is 35.5. The Hall–Kier alpha value is -0.700. The molecule has 1 heterocycles. The molecule has 0 saturated heterocycles. The molecule has 5 heteroatoms. The minimum atomic E-state index is -0.203. The standard InChI is InChI=1S/C11H9Cl3N2/c12-9-8(15-11(14)16-10(9)13)6-7-4-2-1-3-5-7/h1-5,8H,6H2,(H,15,16). The quantitative estimate of drug-likeness (QED) is 0.822. The van der Waals surface area contributed by atoms with Crippen LogP contribution in [0.5, 0.6) is 0 Å². The van der Waals surface area contributed by atoms with Crippen LogP contribution in [-0.4, -0.2) is 11.3 Å². The average Bonchev–Trinajstić information content (AvgIpc) is 2.27. The first-order valence-electron chi connectivity index (χ1n) is 4.76. The molecule has 1 aromatic rings. The van der Waals surface area contributed by atoms with Crippen molar-refractivity contribution < 1.29 is 0 Å². The van der Waals surface area contributed by atoms with Crippen LogP contribution in [0.25, 0.3) is 0 Å². The van der Waals surface area contributed by atoms with Crippen LogP contribution in [-0.2, 0) is 6.42 Å². The van der Waals surface area contributed by atoms with Crippen molar-refractivity contribution in [2.24, 2.45) is 4.99 Å². The van der Waals surface area contributed by atoms with E-state index >= 15 is 0 Å². The van der Waals surface area contributed by atoms with Crippen LogP contribution in [0.4, 0.5) is 0 Å². The van der Waals surface area contributed by atoms with Crippen LogP contribution < -0.4 is 5.32 Å². The van der Waals surface area contributed by atoms with Crippen molar-refractivity contribution in [1.29, 1.82) is 0 Å². The second-order valence-electron chi connectivity index (χ2n) is 3.41. The maximum atomic E-state index is 6.07. The minimum Gasteiger partial charge on any atom is -0.320 e. The Labute approximate surface area is 109 Å². The predicted molar refractivity (Wildman–Crippen MR) is 69.1 cm³/mol. The summed E-state index contributed by atoms with van der Waals surface area (Å²) >= 11 is 17.8. The topological polar surface area (TPSA) is 24.4 Å². The fourth-order valence-corrected chi connectivity index (χ4v) is 2.14. The van der Waals surface area contributed by atoms with Crippen LogP contribution in [0.1, 0.15) is 5.56 Å². The lowest BCUT2D eigenvalue weighted by Crippen LogP contribution is -2.27. The molecule has 2 nitrogen and oxygen atoms in total. The van der Waals surface area contributed by atoms with Gasteiger partial charge in [0.1, 0.15) is 5.16 Å². The van der Waals surface area contributed by atoms with Crippen LogP contribution in [0, 0.1) is 0 Å². The number of hydrogen-bond donors (Lipinski definition) is 1. The molecule has 0 aliphatic carbocycles. The molecule has 0 radical (unpaired) electrons. The van der Waals surface area contributed by atoms with Gasteiger partial charge in [0.15, 0.2) is 5.29 Å². The van der Waals surface area contributed by atoms with Crippen molar-refractivity contribution in [1.82, 2.24) is 5.32 Å². The maximum Gasteiger partial charge on any atom is 0.197 e. The highest BCUT2D eigenvalue weighted by molar-refractivity contribution is 6.65. The molecule has 0 saturated carbocycles. The molecule has 2 rings (SSSR count). The van der Waals surface area contributed by atoms with Gasteiger partial charge in [0, 0.05) is 6.42 Å². The van der Waals surface area contributed by atoms with Gasteiger partial charge in [-0.3, -0.25) is 0 Å². The summed E-state index contributed by atoms with van der Waals surface area (Å²) in [5.74, 6) is 0. The van der Waals surface area contributed by atoms with E-state index in [1.54, 1.807) is 0 Å². The molecule has 0 bridgehead atoms. The summed E-state index contributed by atoms with van der Waals surface area (Å²) < 4.78 is 0. The first-order valence-corrected chi connectivity index (χ1v) is 5.89. The van der Waals surface area contributed by atoms with Gasteiger partial charge in [-0.15, -0.1) is 0 Å². The Morgan fingerprint density at radius 2 is 1.81 bits per heavy atom. The number of amidine groups is 1. The summed E-state index contributed by atoms with van der Waals surface area (Å²) in [6.07, 6.45) is 0.688. The van der Waals surface area contributed by atoms with Gasteiger partial charge in [-0.1, -0.05) is 53.5 Å². The van der Waals surface area contributed by atoms with E-state index in [0.29, 0.717) is 16.6 Å². The molecular formula is C11H9Cl3N2. The molecule has 84 valence electrons. The smallest absolute Gasteiger partial charge is 0.197 e. The fraction of sp³-hybridized carbons (Fsp3) is 0.182. The number of halogens is 3. The Morgan fingerprint density at radius 3 is 2.50 bits per heavy atom. The Morgan fingerprint density at radius 1 is 1.12 bits per heavy atom. The molecule has 1 aliphatic rings. The van der Waals surface area contributed by atoms with E-state index in [1.807, 2.05) is 30.3 Å². The van der Waals surface area contributed by atoms with E-state index in [-0.39, 0.29) is 11.3 Å². The SMILES string of the molecule is ClC1=NC(Cc2ccccc2)C(Cl)=C(Cl)N1. The summed E-state index contributed by atoms with van der Waals surface area (Å²) in [6.45, 7) is 0. The largest absolute Gasteiger partial charge is 0.320 e. The Balaban J connectivity index is 2.18.